The molecule has 1 aromatic rings. The van der Waals surface area contributed by atoms with Crippen molar-refractivity contribution in [2.45, 2.75) is 25.7 Å². The second-order valence-corrected chi connectivity index (χ2v) is 8.05. The van der Waals surface area contributed by atoms with Gasteiger partial charge < -0.3 is 5.73 Å². The summed E-state index contributed by atoms with van der Waals surface area (Å²) in [7, 11) is -1.72. The molecule has 1 saturated heterocycles. The Kier molecular flexibility index (Phi) is 7.97. The minimum atomic E-state index is -3.38. The first-order chi connectivity index (χ1) is 10.5. The van der Waals surface area contributed by atoms with Crippen LogP contribution < -0.4 is 5.73 Å². The maximum atomic E-state index is 12.7. The number of halogens is 1. The van der Waals surface area contributed by atoms with Gasteiger partial charge in [0.1, 0.15) is 0 Å². The van der Waals surface area contributed by atoms with Crippen LogP contribution in [0.4, 0.5) is 0 Å². The van der Waals surface area contributed by atoms with Crippen molar-refractivity contribution >= 4 is 22.6 Å². The zero-order chi connectivity index (χ0) is 16.2. The molecule has 1 heterocycles. The van der Waals surface area contributed by atoms with E-state index < -0.39 is 10.2 Å². The third-order valence-electron chi connectivity index (χ3n) is 4.48. The molecule has 0 unspecified atom stereocenters. The number of hydrogen-bond acceptors (Lipinski definition) is 3. The highest BCUT2D eigenvalue weighted by Crippen LogP contribution is 2.33. The van der Waals surface area contributed by atoms with Crippen molar-refractivity contribution in [2.75, 3.05) is 33.2 Å². The summed E-state index contributed by atoms with van der Waals surface area (Å²) in [5, 5.41) is 0. The molecule has 7 heteroatoms. The summed E-state index contributed by atoms with van der Waals surface area (Å²) in [5.41, 5.74) is 7.06. The largest absolute Gasteiger partial charge is 0.330 e. The SMILES string of the molecule is CCCCN(C)S(=O)(=O)N1C[C@@H](CN)[C@H](c2ccccc2)C1.Cl. The highest BCUT2D eigenvalue weighted by Gasteiger charge is 2.40. The van der Waals surface area contributed by atoms with Gasteiger partial charge in [0.15, 0.2) is 0 Å². The molecule has 2 N–H and O–H groups in total. The molecule has 5 nitrogen and oxygen atoms in total. The minimum absolute atomic E-state index is 0. The molecule has 2 rings (SSSR count). The number of rotatable bonds is 7. The van der Waals surface area contributed by atoms with Crippen LogP contribution in [0.25, 0.3) is 0 Å². The first kappa shape index (κ1) is 20.4. The van der Waals surface area contributed by atoms with Crippen LogP contribution in [-0.2, 0) is 10.2 Å². The molecule has 132 valence electrons. The van der Waals surface area contributed by atoms with Gasteiger partial charge in [-0.1, -0.05) is 43.7 Å². The first-order valence-electron chi connectivity index (χ1n) is 7.97. The van der Waals surface area contributed by atoms with Crippen LogP contribution in [0.3, 0.4) is 0 Å². The predicted molar refractivity (Wildman–Crippen MR) is 97.0 cm³/mol. The fraction of sp³-hybridized carbons (Fsp3) is 0.625. The van der Waals surface area contributed by atoms with E-state index in [4.69, 9.17) is 5.73 Å². The standard InChI is InChI=1S/C16H27N3O2S.ClH/c1-3-4-10-18(2)22(20,21)19-12-15(11-17)16(13-19)14-8-6-5-7-9-14;/h5-9,15-16H,3-4,10-13,17H2,1-2H3;1H/t15-,16+;/m1./s1. The summed E-state index contributed by atoms with van der Waals surface area (Å²) >= 11 is 0. The average Bonchev–Trinajstić information content (AvgIpc) is 2.98. The number of hydrogen-bond donors (Lipinski definition) is 1. The fourth-order valence-corrected chi connectivity index (χ4v) is 4.51. The molecule has 0 saturated carbocycles. The third kappa shape index (κ3) is 4.67. The molecule has 1 fully saturated rings. The Hall–Kier alpha value is -0.660. The Balaban J connectivity index is 0.00000264. The second kappa shape index (κ2) is 8.99. The lowest BCUT2D eigenvalue weighted by Crippen LogP contribution is -2.41. The maximum Gasteiger partial charge on any atom is 0.281 e. The van der Waals surface area contributed by atoms with Gasteiger partial charge >= 0.3 is 0 Å². The van der Waals surface area contributed by atoms with Crippen LogP contribution in [0.2, 0.25) is 0 Å². The Labute approximate surface area is 146 Å². The van der Waals surface area contributed by atoms with Gasteiger partial charge in [0.05, 0.1) is 0 Å². The van der Waals surface area contributed by atoms with Crippen molar-refractivity contribution in [2.24, 2.45) is 11.7 Å². The maximum absolute atomic E-state index is 12.7. The molecule has 23 heavy (non-hydrogen) atoms. The Morgan fingerprint density at radius 3 is 2.48 bits per heavy atom. The van der Waals surface area contributed by atoms with Gasteiger partial charge in [-0.25, -0.2) is 0 Å². The molecule has 2 atom stereocenters. The van der Waals surface area contributed by atoms with Crippen LogP contribution in [0.15, 0.2) is 30.3 Å². The Morgan fingerprint density at radius 2 is 1.91 bits per heavy atom. The summed E-state index contributed by atoms with van der Waals surface area (Å²) in [6.45, 7) is 4.16. The van der Waals surface area contributed by atoms with Crippen LogP contribution in [0.5, 0.6) is 0 Å². The summed E-state index contributed by atoms with van der Waals surface area (Å²) < 4.78 is 28.4. The number of unbranched alkanes of at least 4 members (excludes halogenated alkanes) is 1. The van der Waals surface area contributed by atoms with Gasteiger partial charge in [0.25, 0.3) is 10.2 Å². The van der Waals surface area contributed by atoms with E-state index in [1.807, 2.05) is 18.2 Å². The van der Waals surface area contributed by atoms with Crippen LogP contribution in [0, 0.1) is 5.92 Å². The molecule has 0 spiro atoms. The van der Waals surface area contributed by atoms with Crippen LogP contribution in [-0.4, -0.2) is 50.3 Å². The van der Waals surface area contributed by atoms with Gasteiger partial charge in [-0.2, -0.15) is 17.0 Å². The number of nitrogens with zero attached hydrogens (tertiary/aromatic N) is 2. The summed E-state index contributed by atoms with van der Waals surface area (Å²) in [4.78, 5) is 0. The number of benzene rings is 1. The topological polar surface area (TPSA) is 66.6 Å². The Morgan fingerprint density at radius 1 is 1.26 bits per heavy atom. The van der Waals surface area contributed by atoms with Gasteiger partial charge in [-0.3, -0.25) is 0 Å². The number of nitrogens with two attached hydrogens (primary N) is 1. The Bertz CT molecular complexity index is 568. The molecule has 0 bridgehead atoms. The minimum Gasteiger partial charge on any atom is -0.330 e. The monoisotopic (exact) mass is 361 g/mol. The average molecular weight is 362 g/mol. The smallest absolute Gasteiger partial charge is 0.281 e. The van der Waals surface area contributed by atoms with Crippen LogP contribution in [0.1, 0.15) is 31.2 Å². The van der Waals surface area contributed by atoms with Crippen molar-refractivity contribution < 1.29 is 8.42 Å². The molecule has 1 aromatic carbocycles. The normalized spacial score (nSPS) is 22.3. The lowest BCUT2D eigenvalue weighted by Gasteiger charge is -2.24. The van der Waals surface area contributed by atoms with E-state index in [1.165, 1.54) is 9.87 Å². The van der Waals surface area contributed by atoms with E-state index in [1.54, 1.807) is 11.4 Å². The third-order valence-corrected chi connectivity index (χ3v) is 6.41. The molecule has 0 amide bonds. The zero-order valence-electron chi connectivity index (χ0n) is 13.9. The van der Waals surface area contributed by atoms with Crippen molar-refractivity contribution in [3.63, 3.8) is 0 Å². The van der Waals surface area contributed by atoms with Crippen molar-refractivity contribution in [1.29, 1.82) is 0 Å². The second-order valence-electron chi connectivity index (χ2n) is 6.01. The zero-order valence-corrected chi connectivity index (χ0v) is 15.5. The van der Waals surface area contributed by atoms with E-state index in [0.29, 0.717) is 26.2 Å². The van der Waals surface area contributed by atoms with Gasteiger partial charge in [0.2, 0.25) is 0 Å². The molecular weight excluding hydrogens is 334 g/mol. The summed E-state index contributed by atoms with van der Waals surface area (Å²) in [5.74, 6) is 0.359. The van der Waals surface area contributed by atoms with E-state index in [9.17, 15) is 8.42 Å². The fourth-order valence-electron chi connectivity index (χ4n) is 3.03. The van der Waals surface area contributed by atoms with Crippen LogP contribution >= 0.6 is 12.4 Å². The molecular formula is C16H28ClN3O2S. The van der Waals surface area contributed by atoms with Crippen molar-refractivity contribution in [3.8, 4) is 0 Å². The molecule has 0 radical (unpaired) electrons. The summed E-state index contributed by atoms with van der Waals surface area (Å²) in [6.07, 6.45) is 1.87. The van der Waals surface area contributed by atoms with Gasteiger partial charge in [-0.05, 0) is 24.4 Å². The van der Waals surface area contributed by atoms with E-state index in [2.05, 4.69) is 19.1 Å². The first-order valence-corrected chi connectivity index (χ1v) is 9.36. The lowest BCUT2D eigenvalue weighted by atomic mass is 9.89. The van der Waals surface area contributed by atoms with E-state index >= 15 is 0 Å². The highest BCUT2D eigenvalue weighted by molar-refractivity contribution is 7.86. The molecule has 1 aliphatic rings. The van der Waals surface area contributed by atoms with Crippen molar-refractivity contribution in [3.05, 3.63) is 35.9 Å². The van der Waals surface area contributed by atoms with E-state index in [0.717, 1.165) is 12.8 Å². The highest BCUT2D eigenvalue weighted by atomic mass is 35.5. The summed E-state index contributed by atoms with van der Waals surface area (Å²) in [6, 6.07) is 10.1. The lowest BCUT2D eigenvalue weighted by molar-refractivity contribution is 0.383. The van der Waals surface area contributed by atoms with E-state index in [-0.39, 0.29) is 24.2 Å². The molecule has 0 aromatic heterocycles. The quantitative estimate of drug-likeness (QED) is 0.808. The van der Waals surface area contributed by atoms with Gasteiger partial charge in [0, 0.05) is 32.6 Å². The molecule has 0 aliphatic carbocycles. The predicted octanol–water partition coefficient (Wildman–Crippen LogP) is 2.06. The van der Waals surface area contributed by atoms with Gasteiger partial charge in [-0.15, -0.1) is 12.4 Å². The van der Waals surface area contributed by atoms with Crippen molar-refractivity contribution in [1.82, 2.24) is 8.61 Å². The molecule has 1 aliphatic heterocycles.